The fourth-order valence-electron chi connectivity index (χ4n) is 4.89. The van der Waals surface area contributed by atoms with Crippen molar-refractivity contribution in [3.8, 4) is 0 Å². The number of rotatable bonds is 3. The Balaban J connectivity index is 2.01. The van der Waals surface area contributed by atoms with Crippen LogP contribution < -0.4 is 0 Å². The Morgan fingerprint density at radius 1 is 1.10 bits per heavy atom. The summed E-state index contributed by atoms with van der Waals surface area (Å²) in [7, 11) is 1.85. The molecule has 2 radical (unpaired) electrons. The number of ether oxygens (including phenoxy) is 1. The highest BCUT2D eigenvalue weighted by Gasteiger charge is 2.59. The van der Waals surface area contributed by atoms with Crippen molar-refractivity contribution >= 4 is 0 Å². The highest BCUT2D eigenvalue weighted by Crippen LogP contribution is 2.65. The summed E-state index contributed by atoms with van der Waals surface area (Å²) in [6.07, 6.45) is 4.31. The lowest BCUT2D eigenvalue weighted by atomic mass is 9.68. The van der Waals surface area contributed by atoms with E-state index >= 15 is 0 Å². The van der Waals surface area contributed by atoms with Gasteiger partial charge in [-0.05, 0) is 42.6 Å². The summed E-state index contributed by atoms with van der Waals surface area (Å²) in [4.78, 5) is 0. The van der Waals surface area contributed by atoms with Crippen molar-refractivity contribution in [3.63, 3.8) is 0 Å². The molecule has 3 unspecified atom stereocenters. The first-order valence-corrected chi connectivity index (χ1v) is 7.90. The van der Waals surface area contributed by atoms with Gasteiger partial charge in [0.2, 0.25) is 0 Å². The van der Waals surface area contributed by atoms with Gasteiger partial charge < -0.3 is 4.74 Å². The molecule has 1 nitrogen and oxygen atoms in total. The van der Waals surface area contributed by atoms with E-state index < -0.39 is 0 Å². The molecular formula is C19H26O. The zero-order chi connectivity index (χ0) is 14.3. The lowest BCUT2D eigenvalue weighted by molar-refractivity contribution is 0.0960. The standard InChI is InChI=1S/C19H26O/c1-13(20-4)17-15-11-8-12-16(15)18(19(17,2)3)14-9-6-5-7-10-14/h5-7,9-10,13,15-16H,8,11-12H2,1-4H3. The molecule has 0 saturated heterocycles. The smallest absolute Gasteiger partial charge is 0.0614 e. The average Bonchev–Trinajstić information content (AvgIpc) is 2.95. The first-order chi connectivity index (χ1) is 9.57. The van der Waals surface area contributed by atoms with Crippen LogP contribution >= 0.6 is 0 Å². The van der Waals surface area contributed by atoms with Gasteiger partial charge in [0.05, 0.1) is 6.10 Å². The zero-order valence-corrected chi connectivity index (χ0v) is 13.1. The molecule has 0 heterocycles. The van der Waals surface area contributed by atoms with E-state index in [1.807, 2.05) is 7.11 Å². The molecule has 2 saturated carbocycles. The topological polar surface area (TPSA) is 9.23 Å². The van der Waals surface area contributed by atoms with Gasteiger partial charge in [-0.25, -0.2) is 0 Å². The van der Waals surface area contributed by atoms with Crippen LogP contribution in [0, 0.1) is 29.1 Å². The van der Waals surface area contributed by atoms with Crippen LogP contribution in [0.5, 0.6) is 0 Å². The van der Waals surface area contributed by atoms with Crippen molar-refractivity contribution in [2.75, 3.05) is 7.11 Å². The maximum Gasteiger partial charge on any atom is 0.0614 e. The van der Waals surface area contributed by atoms with Crippen LogP contribution in [-0.2, 0) is 4.74 Å². The second kappa shape index (κ2) is 5.18. The molecule has 1 heteroatoms. The molecular weight excluding hydrogens is 244 g/mol. The number of hydrogen-bond acceptors (Lipinski definition) is 1. The molecule has 0 aliphatic heterocycles. The van der Waals surface area contributed by atoms with E-state index in [4.69, 9.17) is 4.74 Å². The van der Waals surface area contributed by atoms with Crippen LogP contribution in [0.25, 0.3) is 0 Å². The van der Waals surface area contributed by atoms with Crippen molar-refractivity contribution in [1.29, 1.82) is 0 Å². The number of methoxy groups -OCH3 is 1. The van der Waals surface area contributed by atoms with Crippen molar-refractivity contribution in [2.24, 2.45) is 17.3 Å². The van der Waals surface area contributed by atoms with E-state index in [1.165, 1.54) is 24.8 Å². The summed E-state index contributed by atoms with van der Waals surface area (Å²) in [5.74, 6) is 4.75. The molecule has 0 amide bonds. The molecule has 1 aromatic carbocycles. The van der Waals surface area contributed by atoms with E-state index in [9.17, 15) is 0 Å². The van der Waals surface area contributed by atoms with Crippen LogP contribution in [0.1, 0.15) is 45.6 Å². The Labute approximate surface area is 123 Å². The van der Waals surface area contributed by atoms with Crippen molar-refractivity contribution in [1.82, 2.24) is 0 Å². The number of benzene rings is 1. The Morgan fingerprint density at radius 3 is 2.40 bits per heavy atom. The predicted octanol–water partition coefficient (Wildman–Crippen LogP) is 4.67. The normalized spacial score (nSPS) is 31.4. The molecule has 108 valence electrons. The third-order valence-electron chi connectivity index (χ3n) is 5.56. The Kier molecular flexibility index (Phi) is 3.66. The zero-order valence-electron chi connectivity index (χ0n) is 13.1. The summed E-state index contributed by atoms with van der Waals surface area (Å²) in [5, 5.41) is 0. The second-order valence-corrected chi connectivity index (χ2v) is 6.88. The molecule has 0 bridgehead atoms. The molecule has 2 fully saturated rings. The van der Waals surface area contributed by atoms with Crippen LogP contribution in [-0.4, -0.2) is 13.2 Å². The van der Waals surface area contributed by atoms with Crippen LogP contribution in [0.3, 0.4) is 0 Å². The first-order valence-electron chi connectivity index (χ1n) is 7.90. The monoisotopic (exact) mass is 270 g/mol. The van der Waals surface area contributed by atoms with Gasteiger partial charge in [0, 0.05) is 18.9 Å². The minimum absolute atomic E-state index is 0.159. The van der Waals surface area contributed by atoms with Gasteiger partial charge in [-0.3, -0.25) is 0 Å². The van der Waals surface area contributed by atoms with Crippen LogP contribution in [0.15, 0.2) is 30.3 Å². The van der Waals surface area contributed by atoms with E-state index in [-0.39, 0.29) is 11.5 Å². The van der Waals surface area contributed by atoms with Gasteiger partial charge in [-0.15, -0.1) is 0 Å². The summed E-state index contributed by atoms with van der Waals surface area (Å²) in [5.41, 5.74) is 1.60. The summed E-state index contributed by atoms with van der Waals surface area (Å²) >= 11 is 0. The van der Waals surface area contributed by atoms with Gasteiger partial charge in [0.15, 0.2) is 0 Å². The molecule has 0 aromatic heterocycles. The molecule has 2 aliphatic rings. The van der Waals surface area contributed by atoms with Gasteiger partial charge in [0.25, 0.3) is 0 Å². The summed E-state index contributed by atoms with van der Waals surface area (Å²) < 4.78 is 5.71. The molecule has 2 aliphatic carbocycles. The SMILES string of the molecule is COC(C)[C]1C2CCCC2[C](c2ccccc2)C1(C)C. The first kappa shape index (κ1) is 14.1. The molecule has 3 rings (SSSR count). The lowest BCUT2D eigenvalue weighted by Crippen LogP contribution is -2.33. The quantitative estimate of drug-likeness (QED) is 0.775. The molecule has 20 heavy (non-hydrogen) atoms. The maximum absolute atomic E-state index is 5.71. The van der Waals surface area contributed by atoms with Gasteiger partial charge in [0.1, 0.15) is 0 Å². The second-order valence-electron chi connectivity index (χ2n) is 6.88. The van der Waals surface area contributed by atoms with E-state index in [2.05, 4.69) is 51.1 Å². The minimum Gasteiger partial charge on any atom is -0.381 e. The highest BCUT2D eigenvalue weighted by molar-refractivity contribution is 5.46. The van der Waals surface area contributed by atoms with Crippen molar-refractivity contribution in [3.05, 3.63) is 47.7 Å². The van der Waals surface area contributed by atoms with Crippen LogP contribution in [0.2, 0.25) is 0 Å². The third-order valence-corrected chi connectivity index (χ3v) is 5.56. The van der Waals surface area contributed by atoms with Gasteiger partial charge in [-0.1, -0.05) is 50.6 Å². The Hall–Kier alpha value is -0.820. The van der Waals surface area contributed by atoms with Gasteiger partial charge in [-0.2, -0.15) is 0 Å². The van der Waals surface area contributed by atoms with E-state index in [1.54, 1.807) is 11.8 Å². The molecule has 1 aromatic rings. The summed E-state index contributed by atoms with van der Waals surface area (Å²) in [6.45, 7) is 7.03. The lowest BCUT2D eigenvalue weighted by Gasteiger charge is -2.37. The fraction of sp³-hybridized carbons (Fsp3) is 0.579. The average molecular weight is 270 g/mol. The predicted molar refractivity (Wildman–Crippen MR) is 83.1 cm³/mol. The van der Waals surface area contributed by atoms with Crippen molar-refractivity contribution < 1.29 is 4.74 Å². The number of fused-ring (bicyclic) bond motifs is 1. The fourth-order valence-corrected chi connectivity index (χ4v) is 4.89. The largest absolute Gasteiger partial charge is 0.381 e. The van der Waals surface area contributed by atoms with Crippen molar-refractivity contribution in [2.45, 2.75) is 46.1 Å². The minimum atomic E-state index is 0.159. The van der Waals surface area contributed by atoms with E-state index in [0.717, 1.165) is 11.8 Å². The maximum atomic E-state index is 5.71. The number of hydrogen-bond donors (Lipinski definition) is 0. The molecule has 0 spiro atoms. The van der Waals surface area contributed by atoms with Gasteiger partial charge >= 0.3 is 0 Å². The molecule has 3 atom stereocenters. The van der Waals surface area contributed by atoms with Crippen LogP contribution in [0.4, 0.5) is 0 Å². The summed E-state index contributed by atoms with van der Waals surface area (Å²) in [6, 6.07) is 11.0. The Morgan fingerprint density at radius 2 is 1.75 bits per heavy atom. The van der Waals surface area contributed by atoms with E-state index in [0.29, 0.717) is 0 Å². The highest BCUT2D eigenvalue weighted by atomic mass is 16.5. The Bertz CT molecular complexity index is 450. The molecule has 0 N–H and O–H groups in total. The third kappa shape index (κ3) is 2.02.